The van der Waals surface area contributed by atoms with Gasteiger partial charge in [0, 0.05) is 18.6 Å². The summed E-state index contributed by atoms with van der Waals surface area (Å²) < 4.78 is 36.9. The molecule has 1 aromatic carbocycles. The monoisotopic (exact) mass is 483 g/mol. The molecule has 3 amide bonds. The van der Waals surface area contributed by atoms with Gasteiger partial charge in [-0.2, -0.15) is 4.31 Å². The van der Waals surface area contributed by atoms with Crippen molar-refractivity contribution in [1.82, 2.24) is 14.9 Å². The number of amides is 3. The van der Waals surface area contributed by atoms with Crippen LogP contribution >= 0.6 is 0 Å². The molecule has 1 aliphatic heterocycles. The third-order valence-corrected chi connectivity index (χ3v) is 6.74. The molecule has 2 N–H and O–H groups in total. The summed E-state index contributed by atoms with van der Waals surface area (Å²) in [5.41, 5.74) is -0.602. The lowest BCUT2D eigenvalue weighted by Gasteiger charge is -2.30. The number of methoxy groups -OCH3 is 1. The average molecular weight is 484 g/mol. The molecule has 182 valence electrons. The molecule has 33 heavy (non-hydrogen) atoms. The Morgan fingerprint density at radius 2 is 1.70 bits per heavy atom. The van der Waals surface area contributed by atoms with Gasteiger partial charge < -0.3 is 14.8 Å². The number of imide groups is 1. The van der Waals surface area contributed by atoms with E-state index >= 15 is 0 Å². The molecule has 1 aliphatic rings. The van der Waals surface area contributed by atoms with E-state index in [-0.39, 0.29) is 36.4 Å². The van der Waals surface area contributed by atoms with Crippen LogP contribution in [0.25, 0.3) is 0 Å². The quantitative estimate of drug-likeness (QED) is 0.570. The van der Waals surface area contributed by atoms with Crippen molar-refractivity contribution < 1.29 is 37.1 Å². The van der Waals surface area contributed by atoms with Gasteiger partial charge >= 0.3 is 18.0 Å². The third kappa shape index (κ3) is 7.26. The fourth-order valence-electron chi connectivity index (χ4n) is 3.23. The van der Waals surface area contributed by atoms with Crippen LogP contribution in [0.15, 0.2) is 29.2 Å². The summed E-state index contributed by atoms with van der Waals surface area (Å²) in [4.78, 5) is 47.6. The molecule has 0 radical (unpaired) electrons. The molecular formula is C21H29N3O8S. The zero-order valence-corrected chi connectivity index (χ0v) is 19.9. The maximum Gasteiger partial charge on any atom is 0.339 e. The first-order chi connectivity index (χ1) is 15.3. The Morgan fingerprint density at radius 1 is 1.09 bits per heavy atom. The molecule has 12 heteroatoms. The zero-order chi connectivity index (χ0) is 24.8. The predicted molar refractivity (Wildman–Crippen MR) is 117 cm³/mol. The summed E-state index contributed by atoms with van der Waals surface area (Å²) in [5, 5.41) is 4.61. The number of hydrogen-bond donors (Lipinski definition) is 2. The van der Waals surface area contributed by atoms with Gasteiger partial charge in [-0.15, -0.1) is 0 Å². The molecule has 2 rings (SSSR count). The first-order valence-electron chi connectivity index (χ1n) is 10.3. The number of carbonyl (C=O) groups is 4. The van der Waals surface area contributed by atoms with Crippen molar-refractivity contribution in [2.24, 2.45) is 5.92 Å². The Labute approximate surface area is 192 Å². The van der Waals surface area contributed by atoms with Crippen molar-refractivity contribution in [3.05, 3.63) is 29.8 Å². The minimum absolute atomic E-state index is 0.0395. The van der Waals surface area contributed by atoms with Crippen LogP contribution in [0.1, 0.15) is 44.0 Å². The molecule has 0 aromatic heterocycles. The van der Waals surface area contributed by atoms with Crippen LogP contribution in [0.2, 0.25) is 0 Å². The van der Waals surface area contributed by atoms with Crippen LogP contribution in [0.4, 0.5) is 4.79 Å². The maximum absolute atomic E-state index is 13.0. The van der Waals surface area contributed by atoms with Crippen LogP contribution < -0.4 is 10.6 Å². The molecule has 0 bridgehead atoms. The van der Waals surface area contributed by atoms with Crippen LogP contribution in [-0.2, 0) is 29.1 Å². The number of carbonyl (C=O) groups excluding carboxylic acids is 4. The highest BCUT2D eigenvalue weighted by Crippen LogP contribution is 2.26. The summed E-state index contributed by atoms with van der Waals surface area (Å²) in [5.74, 6) is -2.77. The molecule has 11 nitrogen and oxygen atoms in total. The molecule has 0 spiro atoms. The van der Waals surface area contributed by atoms with Crippen molar-refractivity contribution in [1.29, 1.82) is 0 Å². The van der Waals surface area contributed by atoms with E-state index < -0.39 is 52.0 Å². The number of nitrogens with one attached hydrogen (secondary N) is 2. The zero-order valence-electron chi connectivity index (χ0n) is 19.0. The van der Waals surface area contributed by atoms with Crippen LogP contribution in [0.3, 0.4) is 0 Å². The Hall–Kier alpha value is -2.99. The predicted octanol–water partition coefficient (Wildman–Crippen LogP) is 1.04. The van der Waals surface area contributed by atoms with Crippen LogP contribution in [-0.4, -0.2) is 68.9 Å². The van der Waals surface area contributed by atoms with Gasteiger partial charge in [0.1, 0.15) is 0 Å². The summed E-state index contributed by atoms with van der Waals surface area (Å²) >= 11 is 0. The second kappa shape index (κ2) is 10.8. The number of piperidine rings is 1. The van der Waals surface area contributed by atoms with E-state index in [1.807, 2.05) is 0 Å². The molecule has 0 saturated carbocycles. The highest BCUT2D eigenvalue weighted by atomic mass is 32.2. The van der Waals surface area contributed by atoms with Crippen molar-refractivity contribution in [3.63, 3.8) is 0 Å². The third-order valence-electron chi connectivity index (χ3n) is 4.78. The van der Waals surface area contributed by atoms with Crippen molar-refractivity contribution >= 4 is 33.9 Å². The fraction of sp³-hybridized carbons (Fsp3) is 0.524. The van der Waals surface area contributed by atoms with Crippen molar-refractivity contribution in [3.8, 4) is 0 Å². The van der Waals surface area contributed by atoms with E-state index in [1.54, 1.807) is 20.8 Å². The lowest BCUT2D eigenvalue weighted by atomic mass is 9.98. The molecule has 0 aliphatic carbocycles. The Kier molecular flexibility index (Phi) is 8.56. The van der Waals surface area contributed by atoms with E-state index in [0.717, 1.165) is 0 Å². The summed E-state index contributed by atoms with van der Waals surface area (Å²) in [6.07, 6.45) is 0.370. The Balaban J connectivity index is 1.90. The number of benzene rings is 1. The number of rotatable bonds is 6. The topological polar surface area (TPSA) is 148 Å². The van der Waals surface area contributed by atoms with Gasteiger partial charge in [0.2, 0.25) is 10.0 Å². The second-order valence-electron chi connectivity index (χ2n) is 8.53. The van der Waals surface area contributed by atoms with Gasteiger partial charge in [-0.05, 0) is 45.7 Å². The number of ether oxygens (including phenoxy) is 2. The largest absolute Gasteiger partial charge is 0.465 e. The first-order valence-corrected chi connectivity index (χ1v) is 11.8. The van der Waals surface area contributed by atoms with E-state index in [0.29, 0.717) is 0 Å². The molecule has 1 aromatic rings. The lowest BCUT2D eigenvalue weighted by Crippen LogP contribution is -2.49. The number of urea groups is 1. The minimum atomic E-state index is -3.98. The standard InChI is InChI=1S/C21H29N3O8S/c1-21(2,3)23-20(28)22-17(25)13-32-18(26)14-9-11-24(12-10-14)33(29,30)16-8-6-5-7-15(16)19(27)31-4/h5-8,14H,9-13H2,1-4H3,(H2,22,23,25,28). The molecular weight excluding hydrogens is 454 g/mol. The molecule has 1 saturated heterocycles. The van der Waals surface area contributed by atoms with Gasteiger partial charge in [0.25, 0.3) is 5.91 Å². The van der Waals surface area contributed by atoms with Gasteiger partial charge in [0.15, 0.2) is 6.61 Å². The normalized spacial score (nSPS) is 15.4. The fourth-order valence-corrected chi connectivity index (χ4v) is 4.88. The van der Waals surface area contributed by atoms with Crippen molar-refractivity contribution in [2.45, 2.75) is 44.0 Å². The average Bonchev–Trinajstić information content (AvgIpc) is 2.75. The highest BCUT2D eigenvalue weighted by molar-refractivity contribution is 7.89. The van der Waals surface area contributed by atoms with Crippen molar-refractivity contribution in [2.75, 3.05) is 26.8 Å². The van der Waals surface area contributed by atoms with Gasteiger partial charge in [-0.3, -0.25) is 14.9 Å². The van der Waals surface area contributed by atoms with Crippen LogP contribution in [0.5, 0.6) is 0 Å². The molecule has 0 unspecified atom stereocenters. The number of sulfonamides is 1. The highest BCUT2D eigenvalue weighted by Gasteiger charge is 2.35. The maximum atomic E-state index is 13.0. The van der Waals surface area contributed by atoms with E-state index in [9.17, 15) is 27.6 Å². The molecule has 1 fully saturated rings. The Morgan fingerprint density at radius 3 is 2.27 bits per heavy atom. The number of hydrogen-bond acceptors (Lipinski definition) is 8. The van der Waals surface area contributed by atoms with Crippen LogP contribution in [0, 0.1) is 5.92 Å². The number of esters is 2. The SMILES string of the molecule is COC(=O)c1ccccc1S(=O)(=O)N1CCC(C(=O)OCC(=O)NC(=O)NC(C)(C)C)CC1. The van der Waals surface area contributed by atoms with Gasteiger partial charge in [-0.1, -0.05) is 12.1 Å². The first kappa shape index (κ1) is 26.3. The summed E-state index contributed by atoms with van der Waals surface area (Å²) in [7, 11) is -2.81. The number of nitrogens with zero attached hydrogens (tertiary/aromatic N) is 1. The minimum Gasteiger partial charge on any atom is -0.465 e. The Bertz CT molecular complexity index is 1010. The van der Waals surface area contributed by atoms with Gasteiger partial charge in [-0.25, -0.2) is 18.0 Å². The van der Waals surface area contributed by atoms with E-state index in [1.165, 1.54) is 35.7 Å². The van der Waals surface area contributed by atoms with E-state index in [4.69, 9.17) is 4.74 Å². The molecule has 0 atom stereocenters. The summed E-state index contributed by atoms with van der Waals surface area (Å²) in [6.45, 7) is 4.70. The molecule has 1 heterocycles. The van der Waals surface area contributed by atoms with Gasteiger partial charge in [0.05, 0.1) is 23.5 Å². The lowest BCUT2D eigenvalue weighted by molar-refractivity contribution is -0.153. The van der Waals surface area contributed by atoms with E-state index in [2.05, 4.69) is 15.4 Å². The smallest absolute Gasteiger partial charge is 0.339 e. The summed E-state index contributed by atoms with van der Waals surface area (Å²) in [6, 6.07) is 5.05. The second-order valence-corrected chi connectivity index (χ2v) is 10.4.